The second kappa shape index (κ2) is 6.58. The van der Waals surface area contributed by atoms with E-state index in [9.17, 15) is 4.79 Å². The van der Waals surface area contributed by atoms with Crippen molar-refractivity contribution < 1.29 is 4.79 Å². The maximum Gasteiger partial charge on any atom is 0.222 e. The summed E-state index contributed by atoms with van der Waals surface area (Å²) in [4.78, 5) is 12.0. The van der Waals surface area contributed by atoms with Crippen molar-refractivity contribution in [2.75, 3.05) is 0 Å². The molecule has 5 heteroatoms. The first-order valence-electron chi connectivity index (χ1n) is 8.39. The monoisotopic (exact) mass is 290 g/mol. The number of aryl methyl sites for hydroxylation is 1. The van der Waals surface area contributed by atoms with E-state index < -0.39 is 0 Å². The molecule has 2 aliphatic carbocycles. The minimum absolute atomic E-state index is 0.148. The third-order valence-electron chi connectivity index (χ3n) is 5.37. The van der Waals surface area contributed by atoms with Gasteiger partial charge in [0.25, 0.3) is 0 Å². The summed E-state index contributed by atoms with van der Waals surface area (Å²) >= 11 is 0. The molecule has 0 saturated heterocycles. The van der Waals surface area contributed by atoms with Gasteiger partial charge in [-0.05, 0) is 43.9 Å². The van der Waals surface area contributed by atoms with E-state index >= 15 is 0 Å². The molecule has 1 aromatic rings. The van der Waals surface area contributed by atoms with Crippen LogP contribution in [0.3, 0.4) is 0 Å². The first-order chi connectivity index (χ1) is 10.3. The number of hydrogen-bond acceptors (Lipinski definition) is 3. The van der Waals surface area contributed by atoms with Gasteiger partial charge in [-0.3, -0.25) is 9.48 Å². The molecule has 116 valence electrons. The predicted octanol–water partition coefficient (Wildman–Crippen LogP) is 2.68. The summed E-state index contributed by atoms with van der Waals surface area (Å²) in [5.41, 5.74) is 0.625. The van der Waals surface area contributed by atoms with E-state index in [-0.39, 0.29) is 5.91 Å². The number of nitrogens with zero attached hydrogens (tertiary/aromatic N) is 3. The van der Waals surface area contributed by atoms with Crippen molar-refractivity contribution in [2.45, 2.75) is 76.8 Å². The van der Waals surface area contributed by atoms with E-state index in [0.29, 0.717) is 24.4 Å². The number of hydrogen-bond donors (Lipinski definition) is 1. The molecule has 5 nitrogen and oxygen atoms in total. The molecule has 1 N–H and O–H groups in total. The van der Waals surface area contributed by atoms with Gasteiger partial charge in [-0.2, -0.15) is 0 Å². The SMILES string of the molecule is O=C(CCn1ccnn1)NC1CCC2(CCCCC2)CC1. The van der Waals surface area contributed by atoms with E-state index in [2.05, 4.69) is 15.6 Å². The smallest absolute Gasteiger partial charge is 0.222 e. The van der Waals surface area contributed by atoms with Crippen molar-refractivity contribution >= 4 is 5.91 Å². The van der Waals surface area contributed by atoms with Crippen LogP contribution in [-0.2, 0) is 11.3 Å². The van der Waals surface area contributed by atoms with Crippen molar-refractivity contribution in [3.63, 3.8) is 0 Å². The van der Waals surface area contributed by atoms with E-state index in [1.54, 1.807) is 17.1 Å². The van der Waals surface area contributed by atoms with Crippen LogP contribution in [0, 0.1) is 5.41 Å². The normalized spacial score (nSPS) is 22.3. The minimum Gasteiger partial charge on any atom is -0.353 e. The summed E-state index contributed by atoms with van der Waals surface area (Å²) in [6.45, 7) is 0.614. The number of aromatic nitrogens is 3. The molecule has 3 rings (SSSR count). The summed E-state index contributed by atoms with van der Waals surface area (Å²) in [5, 5.41) is 10.8. The Morgan fingerprint density at radius 2 is 1.95 bits per heavy atom. The number of carbonyl (C=O) groups is 1. The Bertz CT molecular complexity index is 441. The number of amides is 1. The molecule has 1 aromatic heterocycles. The van der Waals surface area contributed by atoms with E-state index in [4.69, 9.17) is 0 Å². The average Bonchev–Trinajstić information content (AvgIpc) is 3.02. The average molecular weight is 290 g/mol. The van der Waals surface area contributed by atoms with Gasteiger partial charge < -0.3 is 5.32 Å². The molecule has 0 aliphatic heterocycles. The molecule has 2 fully saturated rings. The zero-order valence-electron chi connectivity index (χ0n) is 12.8. The Labute approximate surface area is 126 Å². The van der Waals surface area contributed by atoms with E-state index in [0.717, 1.165) is 12.8 Å². The second-order valence-corrected chi connectivity index (χ2v) is 6.82. The summed E-state index contributed by atoms with van der Waals surface area (Å²) in [6, 6.07) is 0.390. The van der Waals surface area contributed by atoms with Gasteiger partial charge in [-0.1, -0.05) is 24.5 Å². The van der Waals surface area contributed by atoms with Gasteiger partial charge >= 0.3 is 0 Å². The summed E-state index contributed by atoms with van der Waals surface area (Å²) in [7, 11) is 0. The molecule has 0 aromatic carbocycles. The van der Waals surface area contributed by atoms with Crippen molar-refractivity contribution in [1.82, 2.24) is 20.3 Å². The predicted molar refractivity (Wildman–Crippen MR) is 80.6 cm³/mol. The van der Waals surface area contributed by atoms with Gasteiger partial charge in [0.15, 0.2) is 0 Å². The number of nitrogens with one attached hydrogen (secondary N) is 1. The van der Waals surface area contributed by atoms with Crippen molar-refractivity contribution in [3.8, 4) is 0 Å². The van der Waals surface area contributed by atoms with Crippen molar-refractivity contribution in [2.24, 2.45) is 5.41 Å². The molecule has 2 saturated carbocycles. The molecule has 1 heterocycles. The highest BCUT2D eigenvalue weighted by Gasteiger charge is 2.36. The maximum absolute atomic E-state index is 12.0. The summed E-state index contributed by atoms with van der Waals surface area (Å²) in [5.74, 6) is 0.148. The fourth-order valence-electron chi connectivity index (χ4n) is 4.04. The third-order valence-corrected chi connectivity index (χ3v) is 5.37. The number of rotatable bonds is 4. The van der Waals surface area contributed by atoms with Crippen LogP contribution in [0.4, 0.5) is 0 Å². The van der Waals surface area contributed by atoms with Crippen LogP contribution in [0.15, 0.2) is 12.4 Å². The van der Waals surface area contributed by atoms with Crippen LogP contribution in [0.25, 0.3) is 0 Å². The Morgan fingerprint density at radius 1 is 1.19 bits per heavy atom. The molecular weight excluding hydrogens is 264 g/mol. The first kappa shape index (κ1) is 14.5. The highest BCUT2D eigenvalue weighted by atomic mass is 16.1. The molecule has 0 unspecified atom stereocenters. The Balaban J connectivity index is 1.39. The molecule has 1 amide bonds. The fourth-order valence-corrected chi connectivity index (χ4v) is 4.04. The lowest BCUT2D eigenvalue weighted by Crippen LogP contribution is -2.41. The Morgan fingerprint density at radius 3 is 2.62 bits per heavy atom. The molecule has 0 atom stereocenters. The molecule has 0 bridgehead atoms. The summed E-state index contributed by atoms with van der Waals surface area (Å²) < 4.78 is 1.71. The Kier molecular flexibility index (Phi) is 4.56. The largest absolute Gasteiger partial charge is 0.353 e. The van der Waals surface area contributed by atoms with E-state index in [1.165, 1.54) is 44.9 Å². The summed E-state index contributed by atoms with van der Waals surface area (Å²) in [6.07, 6.45) is 15.9. The second-order valence-electron chi connectivity index (χ2n) is 6.82. The maximum atomic E-state index is 12.0. The molecule has 1 spiro atoms. The van der Waals surface area contributed by atoms with Gasteiger partial charge in [-0.25, -0.2) is 0 Å². The van der Waals surface area contributed by atoms with Gasteiger partial charge in [0.2, 0.25) is 5.91 Å². The fraction of sp³-hybridized carbons (Fsp3) is 0.812. The molecule has 2 aliphatic rings. The van der Waals surface area contributed by atoms with Crippen LogP contribution in [0.1, 0.15) is 64.2 Å². The molecule has 21 heavy (non-hydrogen) atoms. The lowest BCUT2D eigenvalue weighted by molar-refractivity contribution is -0.122. The zero-order chi connectivity index (χ0) is 14.5. The highest BCUT2D eigenvalue weighted by molar-refractivity contribution is 5.76. The Hall–Kier alpha value is -1.39. The van der Waals surface area contributed by atoms with Crippen molar-refractivity contribution in [3.05, 3.63) is 12.4 Å². The molecular formula is C16H26N4O. The highest BCUT2D eigenvalue weighted by Crippen LogP contribution is 2.47. The van der Waals surface area contributed by atoms with Gasteiger partial charge in [0.05, 0.1) is 12.7 Å². The van der Waals surface area contributed by atoms with Crippen molar-refractivity contribution in [1.29, 1.82) is 0 Å². The zero-order valence-corrected chi connectivity index (χ0v) is 12.8. The number of carbonyl (C=O) groups excluding carboxylic acids is 1. The van der Waals surface area contributed by atoms with E-state index in [1.807, 2.05) is 0 Å². The van der Waals surface area contributed by atoms with Crippen LogP contribution in [0.2, 0.25) is 0 Å². The van der Waals surface area contributed by atoms with Gasteiger partial charge in [0.1, 0.15) is 0 Å². The standard InChI is InChI=1S/C16H26N4O/c21-15(6-12-20-13-11-17-19-20)18-14-4-9-16(10-5-14)7-2-1-3-8-16/h11,13-14H,1-10,12H2,(H,18,21). The van der Waals surface area contributed by atoms with Gasteiger partial charge in [-0.15, -0.1) is 5.10 Å². The first-order valence-corrected chi connectivity index (χ1v) is 8.39. The van der Waals surface area contributed by atoms with Crippen LogP contribution >= 0.6 is 0 Å². The quantitative estimate of drug-likeness (QED) is 0.927. The lowest BCUT2D eigenvalue weighted by Gasteiger charge is -2.43. The molecule has 0 radical (unpaired) electrons. The van der Waals surface area contributed by atoms with Crippen LogP contribution in [-0.4, -0.2) is 26.9 Å². The van der Waals surface area contributed by atoms with Crippen LogP contribution < -0.4 is 5.32 Å². The minimum atomic E-state index is 0.148. The third kappa shape index (κ3) is 3.83. The lowest BCUT2D eigenvalue weighted by atomic mass is 9.64. The topological polar surface area (TPSA) is 59.8 Å². The van der Waals surface area contributed by atoms with Gasteiger partial charge in [0, 0.05) is 18.7 Å². The van der Waals surface area contributed by atoms with Crippen LogP contribution in [0.5, 0.6) is 0 Å².